The van der Waals surface area contributed by atoms with Crippen LogP contribution < -0.4 is 15.0 Å². The summed E-state index contributed by atoms with van der Waals surface area (Å²) in [7, 11) is 1.34. The lowest BCUT2D eigenvalue weighted by Gasteiger charge is -2.17. The smallest absolute Gasteiger partial charge is 0.434 e. The zero-order valence-corrected chi connectivity index (χ0v) is 16.8. The van der Waals surface area contributed by atoms with Gasteiger partial charge in [-0.2, -0.15) is 18.3 Å². The largest absolute Gasteiger partial charge is 0.480 e. The highest BCUT2D eigenvalue weighted by atomic mass is 19.4. The molecule has 1 aliphatic heterocycles. The van der Waals surface area contributed by atoms with Crippen LogP contribution in [-0.4, -0.2) is 45.4 Å². The van der Waals surface area contributed by atoms with Crippen LogP contribution in [0.15, 0.2) is 42.6 Å². The molecule has 1 aromatic carbocycles. The van der Waals surface area contributed by atoms with Crippen molar-refractivity contribution in [1.29, 1.82) is 0 Å². The molecule has 1 saturated heterocycles. The molecule has 3 aromatic rings. The van der Waals surface area contributed by atoms with Crippen molar-refractivity contribution >= 4 is 23.2 Å². The minimum Gasteiger partial charge on any atom is -0.480 e. The maximum absolute atomic E-state index is 13.8. The van der Waals surface area contributed by atoms with E-state index in [-0.39, 0.29) is 23.3 Å². The quantitative estimate of drug-likeness (QED) is 0.646. The number of anilines is 2. The van der Waals surface area contributed by atoms with Crippen LogP contribution in [0.3, 0.4) is 0 Å². The molecule has 0 aliphatic carbocycles. The third kappa shape index (κ3) is 4.11. The van der Waals surface area contributed by atoms with Crippen molar-refractivity contribution in [1.82, 2.24) is 20.0 Å². The molecule has 2 amide bonds. The van der Waals surface area contributed by atoms with Gasteiger partial charge < -0.3 is 15.0 Å². The maximum atomic E-state index is 13.8. The number of ether oxygens (including phenoxy) is 1. The highest BCUT2D eigenvalue weighted by molar-refractivity contribution is 6.05. The topological polar surface area (TPSA) is 102 Å². The Hall–Kier alpha value is -3.96. The first-order valence-corrected chi connectivity index (χ1v) is 9.53. The molecule has 9 nitrogen and oxygen atoms in total. The fraction of sp³-hybridized carbons (Fsp3) is 0.250. The number of amides is 2. The van der Waals surface area contributed by atoms with E-state index in [0.29, 0.717) is 23.3 Å². The Balaban J connectivity index is 1.64. The van der Waals surface area contributed by atoms with E-state index >= 15 is 0 Å². The van der Waals surface area contributed by atoms with E-state index < -0.39 is 23.3 Å². The number of benzene rings is 1. The third-order valence-electron chi connectivity index (χ3n) is 4.82. The standard InChI is InChI=1S/C20H17F3N6O3/c1-32-16-8-7-15(26-27-16)29-18(20(21,22)23)14(11-24-29)19(31)25-12-4-2-5-13(10-12)28-9-3-6-17(28)30/h2,4-5,7-8,10-11H,3,6,9H2,1H3,(H,25,31). The zero-order chi connectivity index (χ0) is 22.9. The number of aromatic nitrogens is 4. The lowest BCUT2D eigenvalue weighted by atomic mass is 10.2. The Bertz CT molecular complexity index is 1160. The first kappa shape index (κ1) is 21.3. The van der Waals surface area contributed by atoms with Gasteiger partial charge in [-0.15, -0.1) is 10.2 Å². The van der Waals surface area contributed by atoms with Gasteiger partial charge in [-0.25, -0.2) is 4.68 Å². The molecule has 166 valence electrons. The second-order valence-electron chi connectivity index (χ2n) is 6.90. The molecule has 1 N–H and O–H groups in total. The third-order valence-corrected chi connectivity index (χ3v) is 4.82. The minimum atomic E-state index is -4.89. The summed E-state index contributed by atoms with van der Waals surface area (Å²) < 4.78 is 46.8. The van der Waals surface area contributed by atoms with Crippen molar-refractivity contribution in [3.8, 4) is 11.7 Å². The highest BCUT2D eigenvalue weighted by Gasteiger charge is 2.41. The second kappa shape index (κ2) is 8.29. The molecule has 1 fully saturated rings. The Kier molecular flexibility index (Phi) is 5.51. The van der Waals surface area contributed by atoms with Gasteiger partial charge in [0, 0.05) is 30.4 Å². The first-order valence-electron chi connectivity index (χ1n) is 9.53. The molecule has 12 heteroatoms. The summed E-state index contributed by atoms with van der Waals surface area (Å²) in [5.74, 6) is -1.17. The number of hydrogen-bond acceptors (Lipinski definition) is 6. The van der Waals surface area contributed by atoms with Crippen molar-refractivity contribution in [3.63, 3.8) is 0 Å². The van der Waals surface area contributed by atoms with Gasteiger partial charge in [-0.3, -0.25) is 9.59 Å². The summed E-state index contributed by atoms with van der Waals surface area (Å²) in [6, 6.07) is 8.93. The predicted octanol–water partition coefficient (Wildman–Crippen LogP) is 3.07. The molecule has 32 heavy (non-hydrogen) atoms. The Morgan fingerprint density at radius 3 is 2.62 bits per heavy atom. The van der Waals surface area contributed by atoms with Crippen LogP contribution >= 0.6 is 0 Å². The lowest BCUT2D eigenvalue weighted by Crippen LogP contribution is -2.24. The molecule has 0 saturated carbocycles. The Labute approximate surface area is 179 Å². The number of carbonyl (C=O) groups excluding carboxylic acids is 2. The van der Waals surface area contributed by atoms with Gasteiger partial charge in [0.2, 0.25) is 11.8 Å². The molecule has 0 atom stereocenters. The molecule has 4 rings (SSSR count). The van der Waals surface area contributed by atoms with Crippen molar-refractivity contribution in [2.45, 2.75) is 19.0 Å². The summed E-state index contributed by atoms with van der Waals surface area (Å²) in [5, 5.41) is 13.5. The van der Waals surface area contributed by atoms with Crippen LogP contribution in [0.5, 0.6) is 5.88 Å². The summed E-state index contributed by atoms with van der Waals surface area (Å²) in [5.41, 5.74) is -1.17. The van der Waals surface area contributed by atoms with Crippen molar-refractivity contribution in [2.24, 2.45) is 0 Å². The van der Waals surface area contributed by atoms with Gasteiger partial charge in [0.1, 0.15) is 0 Å². The molecule has 1 aliphatic rings. The van der Waals surface area contributed by atoms with Crippen LogP contribution in [0, 0.1) is 0 Å². The number of rotatable bonds is 5. The normalized spacial score (nSPS) is 14.0. The lowest BCUT2D eigenvalue weighted by molar-refractivity contribution is -0.143. The number of hydrogen-bond donors (Lipinski definition) is 1. The second-order valence-corrected chi connectivity index (χ2v) is 6.90. The number of halogens is 3. The molecule has 0 unspecified atom stereocenters. The van der Waals surface area contributed by atoms with Crippen molar-refractivity contribution in [2.75, 3.05) is 23.9 Å². The molecule has 0 radical (unpaired) electrons. The van der Waals surface area contributed by atoms with Gasteiger partial charge in [0.05, 0.1) is 18.9 Å². The summed E-state index contributed by atoms with van der Waals surface area (Å²) >= 11 is 0. The van der Waals surface area contributed by atoms with E-state index in [2.05, 4.69) is 20.6 Å². The number of alkyl halides is 3. The van der Waals surface area contributed by atoms with Crippen LogP contribution in [-0.2, 0) is 11.0 Å². The average Bonchev–Trinajstić information content (AvgIpc) is 3.40. The molecule has 3 heterocycles. The van der Waals surface area contributed by atoms with Crippen molar-refractivity contribution < 1.29 is 27.5 Å². The number of carbonyl (C=O) groups is 2. The number of nitrogens with zero attached hydrogens (tertiary/aromatic N) is 5. The summed E-state index contributed by atoms with van der Waals surface area (Å²) in [6.07, 6.45) is -2.93. The van der Waals surface area contributed by atoms with Gasteiger partial charge in [0.25, 0.3) is 5.91 Å². The number of methoxy groups -OCH3 is 1. The summed E-state index contributed by atoms with van der Waals surface area (Å²) in [4.78, 5) is 26.2. The van der Waals surface area contributed by atoms with Gasteiger partial charge in [0.15, 0.2) is 11.5 Å². The monoisotopic (exact) mass is 446 g/mol. The molecular formula is C20H17F3N6O3. The van der Waals surface area contributed by atoms with E-state index in [4.69, 9.17) is 4.74 Å². The SMILES string of the molecule is COc1ccc(-n2ncc(C(=O)Nc3cccc(N4CCCC4=O)c3)c2C(F)(F)F)nn1. The van der Waals surface area contributed by atoms with Crippen LogP contribution in [0.4, 0.5) is 24.5 Å². The molecular weight excluding hydrogens is 429 g/mol. The van der Waals surface area contributed by atoms with E-state index in [1.165, 1.54) is 31.4 Å². The van der Waals surface area contributed by atoms with E-state index in [1.54, 1.807) is 17.0 Å². The maximum Gasteiger partial charge on any atom is 0.434 e. The Morgan fingerprint density at radius 2 is 2.00 bits per heavy atom. The van der Waals surface area contributed by atoms with Gasteiger partial charge in [-0.05, 0) is 30.7 Å². The van der Waals surface area contributed by atoms with Gasteiger partial charge >= 0.3 is 6.18 Å². The number of nitrogens with one attached hydrogen (secondary N) is 1. The molecule has 0 spiro atoms. The zero-order valence-electron chi connectivity index (χ0n) is 16.8. The van der Waals surface area contributed by atoms with Gasteiger partial charge in [-0.1, -0.05) is 6.07 Å². The van der Waals surface area contributed by atoms with Crippen LogP contribution in [0.1, 0.15) is 28.9 Å². The van der Waals surface area contributed by atoms with E-state index in [1.807, 2.05) is 0 Å². The first-order chi connectivity index (χ1) is 15.3. The van der Waals surface area contributed by atoms with Crippen LogP contribution in [0.25, 0.3) is 5.82 Å². The fourth-order valence-electron chi connectivity index (χ4n) is 3.37. The molecule has 0 bridgehead atoms. The van der Waals surface area contributed by atoms with E-state index in [9.17, 15) is 22.8 Å². The van der Waals surface area contributed by atoms with Crippen molar-refractivity contribution in [3.05, 3.63) is 53.9 Å². The Morgan fingerprint density at radius 1 is 1.19 bits per heavy atom. The fourth-order valence-corrected chi connectivity index (χ4v) is 3.37. The van der Waals surface area contributed by atoms with E-state index in [0.717, 1.165) is 12.6 Å². The average molecular weight is 446 g/mol. The van der Waals surface area contributed by atoms with Crippen LogP contribution in [0.2, 0.25) is 0 Å². The minimum absolute atomic E-state index is 0.0466. The molecule has 2 aromatic heterocycles. The predicted molar refractivity (Wildman–Crippen MR) is 107 cm³/mol. The summed E-state index contributed by atoms with van der Waals surface area (Å²) in [6.45, 7) is 0.546. The highest BCUT2D eigenvalue weighted by Crippen LogP contribution is 2.34.